The number of H-pyrrole nitrogens is 1. The Bertz CT molecular complexity index is 756. The number of hydrogen-bond donors (Lipinski definition) is 1. The summed E-state index contributed by atoms with van der Waals surface area (Å²) < 4.78 is 5.65. The molecular formula is C13H9ClN2O2. The van der Waals surface area contributed by atoms with Crippen LogP contribution in [0.4, 0.5) is 0 Å². The highest BCUT2D eigenvalue weighted by atomic mass is 35.5. The number of hydrogen-bond acceptors (Lipinski definition) is 3. The van der Waals surface area contributed by atoms with Gasteiger partial charge in [-0.05, 0) is 19.1 Å². The zero-order chi connectivity index (χ0) is 12.7. The van der Waals surface area contributed by atoms with Crippen molar-refractivity contribution >= 4 is 22.6 Å². The Labute approximate surface area is 107 Å². The standard InChI is InChI=1S/C13H9ClN2O2/c1-7-15-12(11(14)13(17)16-7)10-6-8-4-2-3-5-9(8)18-10/h2-6H,1H3,(H,15,16,17). The summed E-state index contributed by atoms with van der Waals surface area (Å²) in [5.41, 5.74) is 0.747. The first-order valence-corrected chi connectivity index (χ1v) is 5.78. The molecule has 90 valence electrons. The maximum atomic E-state index is 11.6. The van der Waals surface area contributed by atoms with Crippen molar-refractivity contribution in [1.29, 1.82) is 0 Å². The molecule has 0 unspecified atom stereocenters. The number of halogens is 1. The van der Waals surface area contributed by atoms with E-state index in [2.05, 4.69) is 9.97 Å². The summed E-state index contributed by atoms with van der Waals surface area (Å²) in [7, 11) is 0. The Kier molecular flexibility index (Phi) is 2.45. The number of aromatic amines is 1. The molecule has 5 heteroatoms. The Morgan fingerprint density at radius 3 is 2.89 bits per heavy atom. The maximum Gasteiger partial charge on any atom is 0.270 e. The number of fused-ring (bicyclic) bond motifs is 1. The Hall–Kier alpha value is -2.07. The molecule has 0 saturated carbocycles. The number of nitrogens with one attached hydrogen (secondary N) is 1. The van der Waals surface area contributed by atoms with Crippen LogP contribution in [-0.2, 0) is 0 Å². The number of benzene rings is 1. The van der Waals surface area contributed by atoms with Gasteiger partial charge in [-0.3, -0.25) is 4.79 Å². The molecule has 0 amide bonds. The van der Waals surface area contributed by atoms with Crippen LogP contribution in [0.25, 0.3) is 22.4 Å². The third kappa shape index (κ3) is 1.71. The van der Waals surface area contributed by atoms with Crippen molar-refractivity contribution in [3.63, 3.8) is 0 Å². The van der Waals surface area contributed by atoms with E-state index in [1.54, 1.807) is 6.92 Å². The first-order valence-electron chi connectivity index (χ1n) is 5.40. The Morgan fingerprint density at radius 1 is 1.33 bits per heavy atom. The van der Waals surface area contributed by atoms with Crippen molar-refractivity contribution in [2.45, 2.75) is 6.92 Å². The van der Waals surface area contributed by atoms with E-state index >= 15 is 0 Å². The molecule has 0 fully saturated rings. The summed E-state index contributed by atoms with van der Waals surface area (Å²) in [5, 5.41) is 0.989. The molecule has 0 aliphatic carbocycles. The zero-order valence-electron chi connectivity index (χ0n) is 9.53. The lowest BCUT2D eigenvalue weighted by Crippen LogP contribution is -2.11. The molecule has 18 heavy (non-hydrogen) atoms. The lowest BCUT2D eigenvalue weighted by atomic mass is 10.2. The van der Waals surface area contributed by atoms with Crippen LogP contribution in [-0.4, -0.2) is 9.97 Å². The molecule has 3 rings (SSSR count). The zero-order valence-corrected chi connectivity index (χ0v) is 10.3. The summed E-state index contributed by atoms with van der Waals surface area (Å²) >= 11 is 5.96. The maximum absolute atomic E-state index is 11.6. The van der Waals surface area contributed by atoms with Crippen LogP contribution >= 0.6 is 11.6 Å². The van der Waals surface area contributed by atoms with Gasteiger partial charge in [-0.15, -0.1) is 0 Å². The fourth-order valence-corrected chi connectivity index (χ4v) is 2.02. The van der Waals surface area contributed by atoms with Crippen molar-refractivity contribution in [1.82, 2.24) is 9.97 Å². The van der Waals surface area contributed by atoms with Gasteiger partial charge in [-0.25, -0.2) is 4.98 Å². The molecule has 0 aliphatic rings. The quantitative estimate of drug-likeness (QED) is 0.731. The molecule has 0 bridgehead atoms. The molecule has 4 nitrogen and oxygen atoms in total. The first-order chi connectivity index (χ1) is 8.65. The van der Waals surface area contributed by atoms with Gasteiger partial charge in [-0.2, -0.15) is 0 Å². The fourth-order valence-electron chi connectivity index (χ4n) is 1.83. The highest BCUT2D eigenvalue weighted by Crippen LogP contribution is 2.29. The van der Waals surface area contributed by atoms with E-state index in [4.69, 9.17) is 16.0 Å². The number of rotatable bonds is 1. The molecule has 0 aliphatic heterocycles. The highest BCUT2D eigenvalue weighted by molar-refractivity contribution is 6.32. The molecule has 2 aromatic heterocycles. The molecule has 2 heterocycles. The van der Waals surface area contributed by atoms with Crippen LogP contribution in [0.3, 0.4) is 0 Å². The summed E-state index contributed by atoms with van der Waals surface area (Å²) in [6.45, 7) is 1.70. The average molecular weight is 261 g/mol. The van der Waals surface area contributed by atoms with Crippen LogP contribution in [0.15, 0.2) is 39.5 Å². The van der Waals surface area contributed by atoms with Crippen molar-refractivity contribution < 1.29 is 4.42 Å². The van der Waals surface area contributed by atoms with Crippen LogP contribution in [0, 0.1) is 6.92 Å². The Balaban J connectivity index is 2.29. The SMILES string of the molecule is Cc1nc(-c2cc3ccccc3o2)c(Cl)c(=O)[nH]1. The van der Waals surface area contributed by atoms with E-state index in [0.717, 1.165) is 11.0 Å². The number of para-hydroxylation sites is 1. The minimum atomic E-state index is -0.361. The smallest absolute Gasteiger partial charge is 0.270 e. The van der Waals surface area contributed by atoms with Gasteiger partial charge in [0.1, 0.15) is 22.1 Å². The van der Waals surface area contributed by atoms with Gasteiger partial charge >= 0.3 is 0 Å². The van der Waals surface area contributed by atoms with Crippen LogP contribution in [0.1, 0.15) is 5.82 Å². The second-order valence-electron chi connectivity index (χ2n) is 3.96. The Morgan fingerprint density at radius 2 is 2.11 bits per heavy atom. The summed E-state index contributed by atoms with van der Waals surface area (Å²) in [6, 6.07) is 9.40. The average Bonchev–Trinajstić information content (AvgIpc) is 2.77. The van der Waals surface area contributed by atoms with Gasteiger partial charge in [0, 0.05) is 5.39 Å². The minimum absolute atomic E-state index is 0.0413. The summed E-state index contributed by atoms with van der Waals surface area (Å²) in [4.78, 5) is 18.3. The highest BCUT2D eigenvalue weighted by Gasteiger charge is 2.14. The summed E-state index contributed by atoms with van der Waals surface area (Å²) in [6.07, 6.45) is 0. The van der Waals surface area contributed by atoms with Crippen LogP contribution < -0.4 is 5.56 Å². The molecular weight excluding hydrogens is 252 g/mol. The van der Waals surface area contributed by atoms with Crippen molar-refractivity contribution in [3.8, 4) is 11.5 Å². The molecule has 3 aromatic rings. The molecule has 0 radical (unpaired) electrons. The van der Waals surface area contributed by atoms with Gasteiger partial charge in [0.2, 0.25) is 0 Å². The monoisotopic (exact) mass is 260 g/mol. The van der Waals surface area contributed by atoms with Gasteiger partial charge in [0.15, 0.2) is 5.76 Å². The fraction of sp³-hybridized carbons (Fsp3) is 0.0769. The number of aryl methyl sites for hydroxylation is 1. The lowest BCUT2D eigenvalue weighted by molar-refractivity contribution is 0.627. The van der Waals surface area contributed by atoms with E-state index in [-0.39, 0.29) is 10.6 Å². The van der Waals surface area contributed by atoms with E-state index in [1.165, 1.54) is 0 Å². The first kappa shape index (κ1) is 11.0. The topological polar surface area (TPSA) is 58.9 Å². The van der Waals surface area contributed by atoms with Crippen molar-refractivity contribution in [2.24, 2.45) is 0 Å². The second-order valence-corrected chi connectivity index (χ2v) is 4.34. The van der Waals surface area contributed by atoms with Gasteiger partial charge in [-0.1, -0.05) is 29.8 Å². The third-order valence-electron chi connectivity index (χ3n) is 2.64. The lowest BCUT2D eigenvalue weighted by Gasteiger charge is -2.00. The number of furan rings is 1. The van der Waals surface area contributed by atoms with E-state index in [0.29, 0.717) is 17.3 Å². The predicted molar refractivity (Wildman–Crippen MR) is 69.8 cm³/mol. The number of nitrogens with zero attached hydrogens (tertiary/aromatic N) is 1. The van der Waals surface area contributed by atoms with Crippen LogP contribution in [0.5, 0.6) is 0 Å². The molecule has 0 saturated heterocycles. The molecule has 0 spiro atoms. The largest absolute Gasteiger partial charge is 0.454 e. The normalized spacial score (nSPS) is 11.0. The molecule has 0 atom stereocenters. The number of aromatic nitrogens is 2. The van der Waals surface area contributed by atoms with Gasteiger partial charge < -0.3 is 9.40 Å². The summed E-state index contributed by atoms with van der Waals surface area (Å²) in [5.74, 6) is 0.996. The van der Waals surface area contributed by atoms with Crippen molar-refractivity contribution in [2.75, 3.05) is 0 Å². The van der Waals surface area contributed by atoms with Gasteiger partial charge in [0.05, 0.1) is 0 Å². The van der Waals surface area contributed by atoms with Gasteiger partial charge in [0.25, 0.3) is 5.56 Å². The van der Waals surface area contributed by atoms with E-state index in [9.17, 15) is 4.79 Å². The van der Waals surface area contributed by atoms with E-state index < -0.39 is 0 Å². The molecule has 1 N–H and O–H groups in total. The molecule has 1 aromatic carbocycles. The van der Waals surface area contributed by atoms with Crippen molar-refractivity contribution in [3.05, 3.63) is 51.5 Å². The second kappa shape index (κ2) is 3.99. The minimum Gasteiger partial charge on any atom is -0.454 e. The predicted octanol–water partition coefficient (Wildman–Crippen LogP) is 3.14. The van der Waals surface area contributed by atoms with E-state index in [1.807, 2.05) is 30.3 Å². The third-order valence-corrected chi connectivity index (χ3v) is 2.99. The van der Waals surface area contributed by atoms with Crippen LogP contribution in [0.2, 0.25) is 5.02 Å².